The molecule has 4 heterocycles. The smallest absolute Gasteiger partial charge is 0.249 e. The second-order valence-corrected chi connectivity index (χ2v) is 9.78. The van der Waals surface area contributed by atoms with Gasteiger partial charge in [-0.3, -0.25) is 9.59 Å². The molecule has 2 amide bonds. The molecule has 2 fully saturated rings. The van der Waals surface area contributed by atoms with E-state index in [0.717, 1.165) is 10.4 Å². The number of H-pyrrole nitrogens is 1. The lowest BCUT2D eigenvalue weighted by atomic mass is 9.95. The lowest BCUT2D eigenvalue weighted by Crippen LogP contribution is -2.68. The summed E-state index contributed by atoms with van der Waals surface area (Å²) >= 11 is 3.04. The number of nitrogens with zero attached hydrogens (tertiary/aromatic N) is 7. The van der Waals surface area contributed by atoms with Crippen LogP contribution in [0.3, 0.4) is 0 Å². The van der Waals surface area contributed by atoms with Gasteiger partial charge < -0.3 is 10.2 Å². The van der Waals surface area contributed by atoms with E-state index in [1.807, 2.05) is 25.3 Å². The Morgan fingerprint density at radius 2 is 2.36 bits per heavy atom. The second-order valence-electron chi connectivity index (χ2n) is 7.01. The minimum absolute atomic E-state index is 0.146. The van der Waals surface area contributed by atoms with Gasteiger partial charge >= 0.3 is 0 Å². The summed E-state index contributed by atoms with van der Waals surface area (Å²) in [5.74, 6) is 0.0927. The number of hydrogen-bond acceptors (Lipinski definition) is 8. The Bertz CT molecular complexity index is 951. The number of rotatable bonds is 6. The monoisotopic (exact) mass is 419 g/mol. The van der Waals surface area contributed by atoms with Gasteiger partial charge in [-0.05, 0) is 36.4 Å². The number of β-lactam (4-membered cyclic amide) rings is 1. The number of thioether (sulfide) groups is 1. The number of fused-ring (bicyclic) bond motifs is 1. The van der Waals surface area contributed by atoms with Gasteiger partial charge in [-0.15, -0.1) is 33.3 Å². The molecule has 2 aromatic rings. The van der Waals surface area contributed by atoms with E-state index in [2.05, 4.69) is 36.0 Å². The molecule has 2 unspecified atom stereocenters. The van der Waals surface area contributed by atoms with Gasteiger partial charge in [-0.25, -0.2) is 0 Å². The first kappa shape index (κ1) is 18.7. The molecule has 0 aliphatic carbocycles. The maximum atomic E-state index is 12.7. The average Bonchev–Trinajstić information content (AvgIpc) is 3.36. The highest BCUT2D eigenvalue weighted by Gasteiger charge is 2.63. The van der Waals surface area contributed by atoms with Gasteiger partial charge in [0.15, 0.2) is 5.82 Å². The summed E-state index contributed by atoms with van der Waals surface area (Å²) in [6.45, 7) is 4.26. The minimum atomic E-state index is -0.575. The molecule has 2 aromatic heterocycles. The highest BCUT2D eigenvalue weighted by atomic mass is 32.2. The highest BCUT2D eigenvalue weighted by molar-refractivity contribution is 8.01. The Kier molecular flexibility index (Phi) is 4.73. The third-order valence-corrected chi connectivity index (χ3v) is 7.36. The normalized spacial score (nSPS) is 25.0. The molecule has 3 atom stereocenters. The van der Waals surface area contributed by atoms with Gasteiger partial charge in [0.25, 0.3) is 0 Å². The highest BCUT2D eigenvalue weighted by Crippen LogP contribution is 2.56. The summed E-state index contributed by atoms with van der Waals surface area (Å²) < 4.78 is -0.306. The quantitative estimate of drug-likeness (QED) is 0.313. The number of aromatic amines is 1. The van der Waals surface area contributed by atoms with Crippen molar-refractivity contribution in [3.8, 4) is 0 Å². The minimum Gasteiger partial charge on any atom is -0.341 e. The standard InChI is InChI=1S/C15H17N9O2S2/c1-15(2)11(12-19-22-23-20-12)24-13(26)10(14(24)28-15)18-9(25)5-8-7(3-4-27-8)6-17-21-16/h3-4,10-11,14H,5-6H2,1-2H3,(H,18,25)(H,19,20,22,23)/t10?,11?,14-/m1/s1. The van der Waals surface area contributed by atoms with E-state index in [9.17, 15) is 9.59 Å². The summed E-state index contributed by atoms with van der Waals surface area (Å²) in [5, 5.41) is 22.2. The molecule has 13 heteroatoms. The van der Waals surface area contributed by atoms with Crippen molar-refractivity contribution in [2.75, 3.05) is 0 Å². The van der Waals surface area contributed by atoms with Crippen LogP contribution in [0.2, 0.25) is 0 Å². The third-order valence-electron chi connectivity index (χ3n) is 4.83. The molecule has 0 spiro atoms. The van der Waals surface area contributed by atoms with Crippen molar-refractivity contribution in [2.24, 2.45) is 5.11 Å². The van der Waals surface area contributed by atoms with Crippen LogP contribution in [0.25, 0.3) is 10.4 Å². The van der Waals surface area contributed by atoms with Gasteiger partial charge in [0.1, 0.15) is 17.5 Å². The van der Waals surface area contributed by atoms with E-state index >= 15 is 0 Å². The zero-order valence-electron chi connectivity index (χ0n) is 15.1. The van der Waals surface area contributed by atoms with Gasteiger partial charge in [0.2, 0.25) is 11.8 Å². The van der Waals surface area contributed by atoms with Gasteiger partial charge in [-0.1, -0.05) is 10.3 Å². The molecule has 2 aliphatic heterocycles. The zero-order chi connectivity index (χ0) is 19.9. The first-order valence-corrected chi connectivity index (χ1v) is 10.3. The Morgan fingerprint density at radius 3 is 3.07 bits per heavy atom. The molecule has 0 saturated carbocycles. The van der Waals surface area contributed by atoms with E-state index in [1.165, 1.54) is 11.3 Å². The van der Waals surface area contributed by atoms with Crippen molar-refractivity contribution < 1.29 is 9.59 Å². The zero-order valence-corrected chi connectivity index (χ0v) is 16.7. The maximum absolute atomic E-state index is 12.7. The molecule has 146 valence electrons. The topological polar surface area (TPSA) is 153 Å². The van der Waals surface area contributed by atoms with Crippen LogP contribution in [0.4, 0.5) is 0 Å². The molecule has 0 aromatic carbocycles. The van der Waals surface area contributed by atoms with Crippen LogP contribution >= 0.6 is 23.1 Å². The number of carbonyl (C=O) groups excluding carboxylic acids is 2. The fourth-order valence-corrected chi connectivity index (χ4v) is 6.12. The summed E-state index contributed by atoms with van der Waals surface area (Å²) in [4.78, 5) is 30.6. The van der Waals surface area contributed by atoms with Crippen molar-refractivity contribution in [1.82, 2.24) is 30.8 Å². The van der Waals surface area contributed by atoms with Crippen LogP contribution in [0, 0.1) is 0 Å². The van der Waals surface area contributed by atoms with Crippen LogP contribution in [-0.2, 0) is 22.6 Å². The number of hydrogen-bond donors (Lipinski definition) is 2. The maximum Gasteiger partial charge on any atom is 0.249 e. The SMILES string of the molecule is CC1(C)S[C@@H]2C(NC(=O)Cc3sccc3CN=[N+]=[N-])C(=O)N2C1c1nn[nH]n1. The van der Waals surface area contributed by atoms with Crippen molar-refractivity contribution in [3.63, 3.8) is 0 Å². The number of thiophene rings is 1. The van der Waals surface area contributed by atoms with Crippen molar-refractivity contribution in [1.29, 1.82) is 0 Å². The van der Waals surface area contributed by atoms with Crippen LogP contribution in [-0.4, -0.2) is 53.5 Å². The van der Waals surface area contributed by atoms with Gasteiger partial charge in [0, 0.05) is 14.5 Å². The van der Waals surface area contributed by atoms with Crippen LogP contribution < -0.4 is 5.32 Å². The molecular formula is C15H17N9O2S2. The summed E-state index contributed by atoms with van der Waals surface area (Å²) in [6.07, 6.45) is 0.146. The molecule has 2 saturated heterocycles. The second kappa shape index (κ2) is 7.08. The summed E-state index contributed by atoms with van der Waals surface area (Å²) in [7, 11) is 0. The lowest BCUT2D eigenvalue weighted by Gasteiger charge is -2.44. The first-order chi connectivity index (χ1) is 13.4. The number of azide groups is 1. The van der Waals surface area contributed by atoms with E-state index in [-0.39, 0.29) is 40.9 Å². The van der Waals surface area contributed by atoms with Gasteiger partial charge in [-0.2, -0.15) is 5.21 Å². The van der Waals surface area contributed by atoms with E-state index in [0.29, 0.717) is 5.82 Å². The predicted molar refractivity (Wildman–Crippen MR) is 102 cm³/mol. The van der Waals surface area contributed by atoms with Gasteiger partial charge in [0.05, 0.1) is 13.0 Å². The van der Waals surface area contributed by atoms with E-state index in [1.54, 1.807) is 16.7 Å². The molecule has 0 bridgehead atoms. The number of aromatic nitrogens is 4. The molecule has 11 nitrogen and oxygen atoms in total. The van der Waals surface area contributed by atoms with Crippen molar-refractivity contribution in [2.45, 2.75) is 49.0 Å². The van der Waals surface area contributed by atoms with E-state index < -0.39 is 6.04 Å². The van der Waals surface area contributed by atoms with Crippen LogP contribution in [0.1, 0.15) is 36.2 Å². The third kappa shape index (κ3) is 3.11. The number of amides is 2. The van der Waals surface area contributed by atoms with Crippen LogP contribution in [0.15, 0.2) is 16.6 Å². The molecule has 2 N–H and O–H groups in total. The summed E-state index contributed by atoms with van der Waals surface area (Å²) in [6, 6.07) is 0.965. The predicted octanol–water partition coefficient (Wildman–Crippen LogP) is 1.53. The summed E-state index contributed by atoms with van der Waals surface area (Å²) in [5.41, 5.74) is 9.29. The Hall–Kier alpha value is -2.63. The molecule has 28 heavy (non-hydrogen) atoms. The molecule has 2 aliphatic rings. The molecule has 0 radical (unpaired) electrons. The van der Waals surface area contributed by atoms with Crippen molar-refractivity contribution >= 4 is 34.9 Å². The molecular weight excluding hydrogens is 402 g/mol. The Balaban J connectivity index is 1.43. The fourth-order valence-electron chi connectivity index (χ4n) is 3.59. The number of carbonyl (C=O) groups is 2. The fraction of sp³-hybridized carbons (Fsp3) is 0.533. The lowest BCUT2D eigenvalue weighted by molar-refractivity contribution is -0.151. The van der Waals surface area contributed by atoms with Crippen molar-refractivity contribution in [3.05, 3.63) is 38.2 Å². The number of nitrogens with one attached hydrogen (secondary N) is 2. The average molecular weight is 419 g/mol. The number of tetrazole rings is 1. The van der Waals surface area contributed by atoms with Crippen LogP contribution in [0.5, 0.6) is 0 Å². The Morgan fingerprint density at radius 1 is 1.54 bits per heavy atom. The van der Waals surface area contributed by atoms with E-state index in [4.69, 9.17) is 5.53 Å². The molecule has 4 rings (SSSR count). The Labute approximate surface area is 167 Å². The largest absolute Gasteiger partial charge is 0.341 e. The first-order valence-electron chi connectivity index (χ1n) is 8.51.